The van der Waals surface area contributed by atoms with Crippen molar-refractivity contribution in [2.75, 3.05) is 0 Å². The predicted molar refractivity (Wildman–Crippen MR) is 84.6 cm³/mol. The highest BCUT2D eigenvalue weighted by Crippen LogP contribution is 2.19. The highest BCUT2D eigenvalue weighted by Gasteiger charge is 2.11. The maximum Gasteiger partial charge on any atom is 0.328 e. The number of rotatable bonds is 7. The van der Waals surface area contributed by atoms with E-state index in [4.69, 9.17) is 16.7 Å². The van der Waals surface area contributed by atoms with Crippen LogP contribution >= 0.6 is 11.6 Å². The van der Waals surface area contributed by atoms with Gasteiger partial charge in [-0.2, -0.15) is 0 Å². The molecule has 0 aliphatic carbocycles. The van der Waals surface area contributed by atoms with E-state index in [9.17, 15) is 9.59 Å². The van der Waals surface area contributed by atoms with E-state index >= 15 is 0 Å². The monoisotopic (exact) mass is 309 g/mol. The summed E-state index contributed by atoms with van der Waals surface area (Å²) in [5.41, 5.74) is 1.03. The van der Waals surface area contributed by atoms with Crippen LogP contribution in [0.2, 0.25) is 5.02 Å². The van der Waals surface area contributed by atoms with Gasteiger partial charge in [0.2, 0.25) is 0 Å². The number of carboxylic acid groups (broad SMARTS) is 1. The van der Waals surface area contributed by atoms with E-state index in [1.54, 1.807) is 18.2 Å². The van der Waals surface area contributed by atoms with Crippen LogP contribution in [0.15, 0.2) is 24.3 Å². The molecule has 5 heteroatoms. The van der Waals surface area contributed by atoms with Crippen LogP contribution in [0.4, 0.5) is 0 Å². The van der Waals surface area contributed by atoms with Crippen molar-refractivity contribution in [3.8, 4) is 0 Å². The first kappa shape index (κ1) is 17.2. The second-order valence-corrected chi connectivity index (χ2v) is 5.33. The van der Waals surface area contributed by atoms with E-state index in [1.165, 1.54) is 6.08 Å². The Balaban J connectivity index is 2.74. The lowest BCUT2D eigenvalue weighted by molar-refractivity contribution is -0.131. The van der Waals surface area contributed by atoms with Gasteiger partial charge in [0.25, 0.3) is 5.91 Å². The molecule has 0 aromatic heterocycles. The molecule has 1 unspecified atom stereocenters. The molecule has 0 radical (unpaired) electrons. The Hall–Kier alpha value is -1.81. The molecule has 1 aromatic rings. The third-order valence-corrected chi connectivity index (χ3v) is 3.36. The Morgan fingerprint density at radius 1 is 1.43 bits per heavy atom. The van der Waals surface area contributed by atoms with Crippen molar-refractivity contribution in [3.05, 3.63) is 40.4 Å². The second kappa shape index (κ2) is 8.47. The summed E-state index contributed by atoms with van der Waals surface area (Å²) in [5.74, 6) is -1.22. The summed E-state index contributed by atoms with van der Waals surface area (Å²) in [7, 11) is 0. The van der Waals surface area contributed by atoms with Crippen LogP contribution in [-0.4, -0.2) is 23.0 Å². The third-order valence-electron chi connectivity index (χ3n) is 3.04. The lowest BCUT2D eigenvalue weighted by atomic mass is 10.1. The normalized spacial score (nSPS) is 12.3. The summed E-state index contributed by atoms with van der Waals surface area (Å²) in [5, 5.41) is 11.9. The average molecular weight is 310 g/mol. The van der Waals surface area contributed by atoms with Crippen molar-refractivity contribution in [3.63, 3.8) is 0 Å². The van der Waals surface area contributed by atoms with E-state index in [1.807, 2.05) is 6.92 Å². The minimum absolute atomic E-state index is 0.114. The van der Waals surface area contributed by atoms with Gasteiger partial charge in [0.15, 0.2) is 0 Å². The molecular formula is C16H20ClNO3. The van der Waals surface area contributed by atoms with Gasteiger partial charge in [0, 0.05) is 22.7 Å². The number of carbonyl (C=O) groups excluding carboxylic acids is 1. The minimum Gasteiger partial charge on any atom is -0.478 e. The van der Waals surface area contributed by atoms with E-state index in [0.717, 1.165) is 25.3 Å². The number of benzene rings is 1. The van der Waals surface area contributed by atoms with Crippen LogP contribution in [0, 0.1) is 0 Å². The molecule has 1 aromatic carbocycles. The Morgan fingerprint density at radius 3 is 2.71 bits per heavy atom. The maximum absolute atomic E-state index is 12.1. The van der Waals surface area contributed by atoms with Gasteiger partial charge in [-0.3, -0.25) is 4.79 Å². The van der Waals surface area contributed by atoms with Gasteiger partial charge in [-0.15, -0.1) is 0 Å². The molecule has 0 spiro atoms. The number of halogens is 1. The highest BCUT2D eigenvalue weighted by atomic mass is 35.5. The maximum atomic E-state index is 12.1. The van der Waals surface area contributed by atoms with E-state index in [0.29, 0.717) is 16.1 Å². The topological polar surface area (TPSA) is 66.4 Å². The van der Waals surface area contributed by atoms with Gasteiger partial charge < -0.3 is 10.4 Å². The average Bonchev–Trinajstić information content (AvgIpc) is 2.43. The standard InChI is InChI=1S/C16H20ClNO3/c1-3-4-5-11(2)18-16(21)13-7-6-12(14(17)10-13)8-9-15(19)20/h6-11H,3-5H2,1-2H3,(H,18,21)(H,19,20)/b9-8+. The number of amides is 1. The van der Waals surface area contributed by atoms with Crippen molar-refractivity contribution >= 4 is 29.6 Å². The SMILES string of the molecule is CCCCC(C)NC(=O)c1ccc(/C=C/C(=O)O)c(Cl)c1. The zero-order valence-corrected chi connectivity index (χ0v) is 13.0. The summed E-state index contributed by atoms with van der Waals surface area (Å²) in [6.07, 6.45) is 5.51. The molecule has 0 saturated carbocycles. The van der Waals surface area contributed by atoms with Crippen LogP contribution in [0.3, 0.4) is 0 Å². The van der Waals surface area contributed by atoms with Gasteiger partial charge in [-0.05, 0) is 37.1 Å². The van der Waals surface area contributed by atoms with Gasteiger partial charge in [-0.1, -0.05) is 37.4 Å². The highest BCUT2D eigenvalue weighted by molar-refractivity contribution is 6.32. The van der Waals surface area contributed by atoms with Gasteiger partial charge in [0.05, 0.1) is 0 Å². The smallest absolute Gasteiger partial charge is 0.328 e. The van der Waals surface area contributed by atoms with E-state index in [-0.39, 0.29) is 11.9 Å². The number of hydrogen-bond acceptors (Lipinski definition) is 2. The van der Waals surface area contributed by atoms with Crippen LogP contribution in [-0.2, 0) is 4.79 Å². The summed E-state index contributed by atoms with van der Waals surface area (Å²) in [6.45, 7) is 4.08. The third kappa shape index (κ3) is 6.00. The zero-order chi connectivity index (χ0) is 15.8. The zero-order valence-electron chi connectivity index (χ0n) is 12.2. The number of aliphatic carboxylic acids is 1. The summed E-state index contributed by atoms with van der Waals surface area (Å²) in [4.78, 5) is 22.5. The first-order chi connectivity index (χ1) is 9.93. The summed E-state index contributed by atoms with van der Waals surface area (Å²) in [6, 6.07) is 4.93. The number of unbranched alkanes of at least 4 members (excludes halogenated alkanes) is 1. The molecule has 0 fully saturated rings. The lowest BCUT2D eigenvalue weighted by Crippen LogP contribution is -2.32. The number of carboxylic acids is 1. The Bertz CT molecular complexity index is 540. The molecule has 1 atom stereocenters. The molecular weight excluding hydrogens is 290 g/mol. The van der Waals surface area contributed by atoms with Crippen molar-refractivity contribution < 1.29 is 14.7 Å². The fourth-order valence-corrected chi connectivity index (χ4v) is 2.10. The predicted octanol–water partition coefficient (Wildman–Crippen LogP) is 3.75. The molecule has 21 heavy (non-hydrogen) atoms. The van der Waals surface area contributed by atoms with Gasteiger partial charge in [0.1, 0.15) is 0 Å². The van der Waals surface area contributed by atoms with Crippen molar-refractivity contribution in [1.29, 1.82) is 0 Å². The molecule has 0 heterocycles. The quantitative estimate of drug-likeness (QED) is 0.754. The first-order valence-electron chi connectivity index (χ1n) is 6.95. The first-order valence-corrected chi connectivity index (χ1v) is 7.33. The van der Waals surface area contributed by atoms with Gasteiger partial charge in [-0.25, -0.2) is 4.79 Å². The Kier molecular flexibility index (Phi) is 6.96. The van der Waals surface area contributed by atoms with Crippen LogP contribution in [0.25, 0.3) is 6.08 Å². The van der Waals surface area contributed by atoms with E-state index < -0.39 is 5.97 Å². The fraction of sp³-hybridized carbons (Fsp3) is 0.375. The molecule has 0 aliphatic heterocycles. The molecule has 114 valence electrons. The fourth-order valence-electron chi connectivity index (χ4n) is 1.85. The van der Waals surface area contributed by atoms with Crippen LogP contribution in [0.5, 0.6) is 0 Å². The Morgan fingerprint density at radius 2 is 2.14 bits per heavy atom. The molecule has 1 amide bonds. The van der Waals surface area contributed by atoms with E-state index in [2.05, 4.69) is 12.2 Å². The number of hydrogen-bond donors (Lipinski definition) is 2. The van der Waals surface area contributed by atoms with Gasteiger partial charge >= 0.3 is 5.97 Å². The van der Waals surface area contributed by atoms with Crippen LogP contribution in [0.1, 0.15) is 49.0 Å². The van der Waals surface area contributed by atoms with Crippen LogP contribution < -0.4 is 5.32 Å². The second-order valence-electron chi connectivity index (χ2n) is 4.92. The molecule has 1 rings (SSSR count). The number of nitrogens with one attached hydrogen (secondary N) is 1. The minimum atomic E-state index is -1.04. The largest absolute Gasteiger partial charge is 0.478 e. The molecule has 0 aliphatic rings. The van der Waals surface area contributed by atoms with Crippen molar-refractivity contribution in [1.82, 2.24) is 5.32 Å². The summed E-state index contributed by atoms with van der Waals surface area (Å²) < 4.78 is 0. The number of carbonyl (C=O) groups is 2. The molecule has 0 saturated heterocycles. The van der Waals surface area contributed by atoms with Crippen molar-refractivity contribution in [2.24, 2.45) is 0 Å². The Labute approximate surface area is 129 Å². The molecule has 4 nitrogen and oxygen atoms in total. The summed E-state index contributed by atoms with van der Waals surface area (Å²) >= 11 is 6.05. The van der Waals surface area contributed by atoms with Crippen molar-refractivity contribution in [2.45, 2.75) is 39.2 Å². The molecule has 0 bridgehead atoms. The molecule has 2 N–H and O–H groups in total. The lowest BCUT2D eigenvalue weighted by Gasteiger charge is -2.13.